The first kappa shape index (κ1) is 16.1. The monoisotopic (exact) mass is 306 g/mol. The molecule has 2 rings (SSSR count). The van der Waals surface area contributed by atoms with Crippen LogP contribution in [0.1, 0.15) is 31.2 Å². The lowest BCUT2D eigenvalue weighted by Gasteiger charge is -2.28. The molecule has 0 aliphatic heterocycles. The Bertz CT molecular complexity index is 515. The zero-order chi connectivity index (χ0) is 15.9. The normalized spacial score (nSPS) is 21.0. The van der Waals surface area contributed by atoms with E-state index in [9.17, 15) is 9.59 Å². The van der Waals surface area contributed by atoms with E-state index in [1.165, 1.54) is 0 Å². The van der Waals surface area contributed by atoms with E-state index in [-0.39, 0.29) is 17.9 Å². The Labute approximate surface area is 129 Å². The van der Waals surface area contributed by atoms with Crippen LogP contribution in [0, 0.1) is 5.92 Å². The van der Waals surface area contributed by atoms with Gasteiger partial charge in [-0.2, -0.15) is 0 Å². The zero-order valence-electron chi connectivity index (χ0n) is 12.7. The molecule has 2 amide bonds. The number of ether oxygens (including phenoxy) is 1. The van der Waals surface area contributed by atoms with E-state index in [0.29, 0.717) is 13.0 Å². The number of rotatable bonds is 5. The van der Waals surface area contributed by atoms with Gasteiger partial charge in [-0.1, -0.05) is 18.6 Å². The Balaban J connectivity index is 1.81. The summed E-state index contributed by atoms with van der Waals surface area (Å²) in [7, 11) is 1.61. The summed E-state index contributed by atoms with van der Waals surface area (Å²) < 4.78 is 5.09. The van der Waals surface area contributed by atoms with Gasteiger partial charge in [0.25, 0.3) is 0 Å². The van der Waals surface area contributed by atoms with Crippen molar-refractivity contribution in [2.75, 3.05) is 7.11 Å². The molecule has 6 nitrogen and oxygen atoms in total. The van der Waals surface area contributed by atoms with Crippen molar-refractivity contribution in [1.82, 2.24) is 10.6 Å². The number of nitrogens with one attached hydrogen (secondary N) is 2. The lowest BCUT2D eigenvalue weighted by Crippen LogP contribution is -2.41. The molecule has 0 radical (unpaired) electrons. The van der Waals surface area contributed by atoms with E-state index in [2.05, 4.69) is 10.6 Å². The number of hydrogen-bond acceptors (Lipinski definition) is 3. The Morgan fingerprint density at radius 2 is 2.00 bits per heavy atom. The minimum atomic E-state index is -1.02. The molecule has 1 aromatic carbocycles. The third kappa shape index (κ3) is 4.65. The van der Waals surface area contributed by atoms with Crippen molar-refractivity contribution in [1.29, 1.82) is 0 Å². The van der Waals surface area contributed by atoms with E-state index in [1.54, 1.807) is 7.11 Å². The number of carbonyl (C=O) groups excluding carboxylic acids is 1. The quantitative estimate of drug-likeness (QED) is 0.777. The summed E-state index contributed by atoms with van der Waals surface area (Å²) in [5, 5.41) is 14.2. The molecule has 6 heteroatoms. The van der Waals surface area contributed by atoms with Crippen molar-refractivity contribution in [2.45, 2.75) is 38.3 Å². The number of carboxylic acid groups (broad SMARTS) is 1. The fraction of sp³-hybridized carbons (Fsp3) is 0.500. The van der Waals surface area contributed by atoms with E-state index in [1.807, 2.05) is 24.3 Å². The second-order valence-electron chi connectivity index (χ2n) is 5.58. The summed E-state index contributed by atoms with van der Waals surface area (Å²) in [5.74, 6) is 0.654. The third-order valence-corrected chi connectivity index (χ3v) is 4.00. The summed E-state index contributed by atoms with van der Waals surface area (Å²) >= 11 is 0. The summed E-state index contributed by atoms with van der Waals surface area (Å²) in [6.45, 7) is 0.469. The van der Waals surface area contributed by atoms with Crippen molar-refractivity contribution >= 4 is 12.0 Å². The van der Waals surface area contributed by atoms with Crippen molar-refractivity contribution in [3.05, 3.63) is 29.8 Å². The Morgan fingerprint density at radius 1 is 1.27 bits per heavy atom. The number of carbonyl (C=O) groups is 2. The van der Waals surface area contributed by atoms with Crippen LogP contribution in [0.15, 0.2) is 24.3 Å². The summed E-state index contributed by atoms with van der Waals surface area (Å²) in [6.07, 6.45) is 2.02. The van der Waals surface area contributed by atoms with Crippen LogP contribution in [0.25, 0.3) is 0 Å². The molecule has 120 valence electrons. The second kappa shape index (κ2) is 7.68. The standard InChI is InChI=1S/C16H22N2O4/c1-22-14-7-5-11(6-8-14)10-17-15(19)12-3-2-4-13(9-12)18-16(20)21/h5-8,12-13,18H,2-4,9-10H2,1H3,(H,17,19)(H,20,21)/t12-,13+/m1/s1. The van der Waals surface area contributed by atoms with E-state index >= 15 is 0 Å². The van der Waals surface area contributed by atoms with Crippen LogP contribution in [0.4, 0.5) is 4.79 Å². The topological polar surface area (TPSA) is 87.7 Å². The molecule has 0 saturated heterocycles. The number of hydrogen-bond donors (Lipinski definition) is 3. The smallest absolute Gasteiger partial charge is 0.404 e. The SMILES string of the molecule is COc1ccc(CNC(=O)[C@@H]2CCC[C@H](NC(=O)O)C2)cc1. The molecule has 0 aromatic heterocycles. The molecular formula is C16H22N2O4. The molecule has 22 heavy (non-hydrogen) atoms. The predicted octanol–water partition coefficient (Wildman–Crippen LogP) is 2.14. The molecule has 3 N–H and O–H groups in total. The Hall–Kier alpha value is -2.24. The summed E-state index contributed by atoms with van der Waals surface area (Å²) in [6, 6.07) is 7.41. The van der Waals surface area contributed by atoms with Gasteiger partial charge in [-0.15, -0.1) is 0 Å². The van der Waals surface area contributed by atoms with Crippen molar-refractivity contribution in [3.8, 4) is 5.75 Å². The highest BCUT2D eigenvalue weighted by Gasteiger charge is 2.27. The average Bonchev–Trinajstić information content (AvgIpc) is 2.52. The number of benzene rings is 1. The lowest BCUT2D eigenvalue weighted by molar-refractivity contribution is -0.126. The van der Waals surface area contributed by atoms with E-state index < -0.39 is 6.09 Å². The van der Waals surface area contributed by atoms with Gasteiger partial charge in [0.1, 0.15) is 5.75 Å². The highest BCUT2D eigenvalue weighted by molar-refractivity contribution is 5.78. The summed E-state index contributed by atoms with van der Waals surface area (Å²) in [5.41, 5.74) is 1.00. The van der Waals surface area contributed by atoms with Gasteiger partial charge in [0.2, 0.25) is 5.91 Å². The van der Waals surface area contributed by atoms with Gasteiger partial charge < -0.3 is 20.5 Å². The van der Waals surface area contributed by atoms with Crippen LogP contribution in [-0.2, 0) is 11.3 Å². The van der Waals surface area contributed by atoms with Gasteiger partial charge in [0, 0.05) is 18.5 Å². The lowest BCUT2D eigenvalue weighted by atomic mass is 9.85. The maximum Gasteiger partial charge on any atom is 0.404 e. The molecular weight excluding hydrogens is 284 g/mol. The van der Waals surface area contributed by atoms with Crippen molar-refractivity contribution in [3.63, 3.8) is 0 Å². The van der Waals surface area contributed by atoms with Crippen LogP contribution in [-0.4, -0.2) is 30.3 Å². The first-order valence-corrected chi connectivity index (χ1v) is 7.48. The van der Waals surface area contributed by atoms with Gasteiger partial charge in [0.05, 0.1) is 7.11 Å². The Morgan fingerprint density at radius 3 is 2.64 bits per heavy atom. The molecule has 1 aliphatic rings. The van der Waals surface area contributed by atoms with Crippen LogP contribution < -0.4 is 15.4 Å². The highest BCUT2D eigenvalue weighted by atomic mass is 16.5. The van der Waals surface area contributed by atoms with Crippen LogP contribution in [0.3, 0.4) is 0 Å². The van der Waals surface area contributed by atoms with Crippen LogP contribution in [0.2, 0.25) is 0 Å². The fourth-order valence-corrected chi connectivity index (χ4v) is 2.81. The van der Waals surface area contributed by atoms with Crippen LogP contribution >= 0.6 is 0 Å². The van der Waals surface area contributed by atoms with Gasteiger partial charge >= 0.3 is 6.09 Å². The predicted molar refractivity (Wildman–Crippen MR) is 81.7 cm³/mol. The second-order valence-corrected chi connectivity index (χ2v) is 5.58. The molecule has 0 spiro atoms. The Kier molecular flexibility index (Phi) is 5.63. The first-order valence-electron chi connectivity index (χ1n) is 7.48. The van der Waals surface area contributed by atoms with Crippen molar-refractivity contribution < 1.29 is 19.4 Å². The molecule has 1 aromatic rings. The van der Waals surface area contributed by atoms with Gasteiger partial charge in [-0.25, -0.2) is 4.79 Å². The molecule has 0 unspecified atom stereocenters. The minimum Gasteiger partial charge on any atom is -0.497 e. The molecule has 2 atom stereocenters. The highest BCUT2D eigenvalue weighted by Crippen LogP contribution is 2.24. The molecule has 0 bridgehead atoms. The molecule has 1 aliphatic carbocycles. The fourth-order valence-electron chi connectivity index (χ4n) is 2.81. The maximum atomic E-state index is 12.2. The van der Waals surface area contributed by atoms with Crippen molar-refractivity contribution in [2.24, 2.45) is 5.92 Å². The largest absolute Gasteiger partial charge is 0.497 e. The average molecular weight is 306 g/mol. The molecule has 1 saturated carbocycles. The first-order chi connectivity index (χ1) is 10.6. The number of methoxy groups -OCH3 is 1. The van der Waals surface area contributed by atoms with Gasteiger partial charge in [-0.3, -0.25) is 4.79 Å². The minimum absolute atomic E-state index is 0.00675. The van der Waals surface area contributed by atoms with Crippen LogP contribution in [0.5, 0.6) is 5.75 Å². The molecule has 0 heterocycles. The van der Waals surface area contributed by atoms with Gasteiger partial charge in [0.15, 0.2) is 0 Å². The van der Waals surface area contributed by atoms with E-state index in [0.717, 1.165) is 30.6 Å². The molecule has 1 fully saturated rings. The maximum absolute atomic E-state index is 12.2. The number of amides is 2. The third-order valence-electron chi connectivity index (χ3n) is 4.00. The van der Waals surface area contributed by atoms with Gasteiger partial charge in [-0.05, 0) is 37.0 Å². The zero-order valence-corrected chi connectivity index (χ0v) is 12.7. The van der Waals surface area contributed by atoms with E-state index in [4.69, 9.17) is 9.84 Å². The summed E-state index contributed by atoms with van der Waals surface area (Å²) in [4.78, 5) is 22.9.